The van der Waals surface area contributed by atoms with E-state index in [1.54, 1.807) is 25.1 Å². The van der Waals surface area contributed by atoms with Crippen LogP contribution >= 0.6 is 23.2 Å². The fourth-order valence-electron chi connectivity index (χ4n) is 3.09. The van der Waals surface area contributed by atoms with Crippen LogP contribution in [-0.2, 0) is 16.1 Å². The predicted molar refractivity (Wildman–Crippen MR) is 126 cm³/mol. The third kappa shape index (κ3) is 7.15. The molecule has 0 fully saturated rings. The lowest BCUT2D eigenvalue weighted by Gasteiger charge is -2.32. The molecular weight excluding hydrogens is 435 g/mol. The number of rotatable bonds is 7. The number of nitrogens with one attached hydrogen (secondary N) is 1. The molecule has 168 valence electrons. The molecular formula is C24H30Cl2N2O3. The Morgan fingerprint density at radius 3 is 2.26 bits per heavy atom. The van der Waals surface area contributed by atoms with Crippen LogP contribution in [0.3, 0.4) is 0 Å². The third-order valence-electron chi connectivity index (χ3n) is 4.74. The first kappa shape index (κ1) is 25.0. The monoisotopic (exact) mass is 464 g/mol. The van der Waals surface area contributed by atoms with Crippen molar-refractivity contribution in [1.82, 2.24) is 10.2 Å². The van der Waals surface area contributed by atoms with Gasteiger partial charge in [0, 0.05) is 27.7 Å². The fourth-order valence-corrected chi connectivity index (χ4v) is 3.61. The summed E-state index contributed by atoms with van der Waals surface area (Å²) in [7, 11) is 0. The molecule has 2 aromatic rings. The zero-order valence-electron chi connectivity index (χ0n) is 18.9. The van der Waals surface area contributed by atoms with E-state index in [0.29, 0.717) is 21.4 Å². The highest BCUT2D eigenvalue weighted by atomic mass is 35.5. The van der Waals surface area contributed by atoms with Crippen molar-refractivity contribution in [3.05, 3.63) is 63.1 Å². The summed E-state index contributed by atoms with van der Waals surface area (Å²) in [5, 5.41) is 3.79. The van der Waals surface area contributed by atoms with Gasteiger partial charge in [-0.1, -0.05) is 47.0 Å². The van der Waals surface area contributed by atoms with Gasteiger partial charge in [-0.15, -0.1) is 0 Å². The maximum absolute atomic E-state index is 13.2. The van der Waals surface area contributed by atoms with E-state index < -0.39 is 11.6 Å². The zero-order valence-corrected chi connectivity index (χ0v) is 20.4. The Bertz CT molecular complexity index is 934. The number of hydrogen-bond acceptors (Lipinski definition) is 3. The molecule has 0 unspecified atom stereocenters. The number of halogens is 2. The number of ether oxygens (including phenoxy) is 1. The lowest BCUT2D eigenvalue weighted by molar-refractivity contribution is -0.142. The number of hydrogen-bond donors (Lipinski definition) is 1. The lowest BCUT2D eigenvalue weighted by Crippen LogP contribution is -2.53. The van der Waals surface area contributed by atoms with Gasteiger partial charge in [0.25, 0.3) is 5.91 Å². The van der Waals surface area contributed by atoms with Crippen molar-refractivity contribution in [1.29, 1.82) is 0 Å². The SMILES string of the molecule is Cc1ccc(OCC(=O)N(Cc2c(Cl)cccc2Cl)[C@H](C)C(=O)NC(C)(C)C)c(C)c1. The molecule has 0 saturated carbocycles. The molecule has 0 aliphatic heterocycles. The van der Waals surface area contributed by atoms with Crippen molar-refractivity contribution in [2.24, 2.45) is 0 Å². The van der Waals surface area contributed by atoms with Crippen LogP contribution in [0.1, 0.15) is 44.4 Å². The summed E-state index contributed by atoms with van der Waals surface area (Å²) in [6.07, 6.45) is 0. The van der Waals surface area contributed by atoms with Gasteiger partial charge in [-0.3, -0.25) is 9.59 Å². The number of carbonyl (C=O) groups is 2. The summed E-state index contributed by atoms with van der Waals surface area (Å²) >= 11 is 12.6. The summed E-state index contributed by atoms with van der Waals surface area (Å²) in [5.41, 5.74) is 2.20. The van der Waals surface area contributed by atoms with Gasteiger partial charge >= 0.3 is 0 Å². The average Bonchev–Trinajstić information content (AvgIpc) is 2.65. The van der Waals surface area contributed by atoms with E-state index in [1.165, 1.54) is 4.90 Å². The maximum Gasteiger partial charge on any atom is 0.261 e. The van der Waals surface area contributed by atoms with Crippen molar-refractivity contribution < 1.29 is 14.3 Å². The number of carbonyl (C=O) groups excluding carboxylic acids is 2. The highest BCUT2D eigenvalue weighted by Crippen LogP contribution is 2.27. The van der Waals surface area contributed by atoms with Crippen LogP contribution in [0.4, 0.5) is 0 Å². The van der Waals surface area contributed by atoms with Gasteiger partial charge < -0.3 is 15.0 Å². The number of benzene rings is 2. The first-order valence-electron chi connectivity index (χ1n) is 10.1. The van der Waals surface area contributed by atoms with Gasteiger partial charge in [-0.2, -0.15) is 0 Å². The quantitative estimate of drug-likeness (QED) is 0.602. The lowest BCUT2D eigenvalue weighted by atomic mass is 10.1. The smallest absolute Gasteiger partial charge is 0.261 e. The number of aryl methyl sites for hydroxylation is 2. The Balaban J connectivity index is 2.27. The largest absolute Gasteiger partial charge is 0.483 e. The maximum atomic E-state index is 13.2. The molecule has 5 nitrogen and oxygen atoms in total. The Hall–Kier alpha value is -2.24. The predicted octanol–water partition coefficient (Wildman–Crippen LogP) is 5.32. The standard InChI is InChI=1S/C24H30Cl2N2O3/c1-15-10-11-21(16(2)12-15)31-14-22(29)28(17(3)23(30)27-24(4,5)6)13-18-19(25)8-7-9-20(18)26/h7-12,17H,13-14H2,1-6H3,(H,27,30)/t17-/m1/s1. The van der Waals surface area contributed by atoms with Crippen molar-refractivity contribution in [2.45, 2.75) is 59.7 Å². The highest BCUT2D eigenvalue weighted by molar-refractivity contribution is 6.36. The summed E-state index contributed by atoms with van der Waals surface area (Å²) in [6.45, 7) is 11.1. The molecule has 0 spiro atoms. The molecule has 2 rings (SSSR count). The second-order valence-corrected chi connectivity index (χ2v) is 9.51. The molecule has 0 aliphatic rings. The van der Waals surface area contributed by atoms with Gasteiger partial charge in [-0.25, -0.2) is 0 Å². The second-order valence-electron chi connectivity index (χ2n) is 8.69. The minimum atomic E-state index is -0.748. The van der Waals surface area contributed by atoms with Crippen LogP contribution in [0.25, 0.3) is 0 Å². The second kappa shape index (κ2) is 10.4. The molecule has 0 heterocycles. The molecule has 1 N–H and O–H groups in total. The van der Waals surface area contributed by atoms with Crippen molar-refractivity contribution in [3.8, 4) is 5.75 Å². The van der Waals surface area contributed by atoms with Crippen LogP contribution < -0.4 is 10.1 Å². The van der Waals surface area contributed by atoms with Gasteiger partial charge in [0.15, 0.2) is 6.61 Å². The molecule has 0 saturated heterocycles. The van der Waals surface area contributed by atoms with Crippen LogP contribution in [0.2, 0.25) is 10.0 Å². The summed E-state index contributed by atoms with van der Waals surface area (Å²) in [4.78, 5) is 27.4. The van der Waals surface area contributed by atoms with E-state index >= 15 is 0 Å². The van der Waals surface area contributed by atoms with E-state index in [1.807, 2.05) is 52.8 Å². The minimum Gasteiger partial charge on any atom is -0.483 e. The Kier molecular flexibility index (Phi) is 8.38. The molecule has 0 radical (unpaired) electrons. The van der Waals surface area contributed by atoms with Crippen molar-refractivity contribution >= 4 is 35.0 Å². The van der Waals surface area contributed by atoms with E-state index in [-0.39, 0.29) is 25.0 Å². The first-order chi connectivity index (χ1) is 14.4. The van der Waals surface area contributed by atoms with Crippen LogP contribution in [0.15, 0.2) is 36.4 Å². The van der Waals surface area contributed by atoms with E-state index in [2.05, 4.69) is 5.32 Å². The molecule has 0 aromatic heterocycles. The van der Waals surface area contributed by atoms with E-state index in [9.17, 15) is 9.59 Å². The highest BCUT2D eigenvalue weighted by Gasteiger charge is 2.29. The van der Waals surface area contributed by atoms with E-state index in [0.717, 1.165) is 11.1 Å². The first-order valence-corrected chi connectivity index (χ1v) is 10.9. The van der Waals surface area contributed by atoms with Crippen LogP contribution in [0.5, 0.6) is 5.75 Å². The summed E-state index contributed by atoms with van der Waals surface area (Å²) < 4.78 is 5.77. The average molecular weight is 465 g/mol. The Morgan fingerprint density at radius 1 is 1.10 bits per heavy atom. The summed E-state index contributed by atoms with van der Waals surface area (Å²) in [6, 6.07) is 10.1. The van der Waals surface area contributed by atoms with Gasteiger partial charge in [-0.05, 0) is 65.3 Å². The van der Waals surface area contributed by atoms with E-state index in [4.69, 9.17) is 27.9 Å². The van der Waals surface area contributed by atoms with Gasteiger partial charge in [0.2, 0.25) is 5.91 Å². The number of amides is 2. The Labute approximate surface area is 194 Å². The third-order valence-corrected chi connectivity index (χ3v) is 5.45. The Morgan fingerprint density at radius 2 is 1.71 bits per heavy atom. The van der Waals surface area contributed by atoms with Crippen LogP contribution in [0, 0.1) is 13.8 Å². The molecule has 1 atom stereocenters. The van der Waals surface area contributed by atoms with Gasteiger partial charge in [0.1, 0.15) is 11.8 Å². The van der Waals surface area contributed by atoms with Crippen LogP contribution in [-0.4, -0.2) is 34.9 Å². The molecule has 7 heteroatoms. The fraction of sp³-hybridized carbons (Fsp3) is 0.417. The van der Waals surface area contributed by atoms with Crippen molar-refractivity contribution in [2.75, 3.05) is 6.61 Å². The van der Waals surface area contributed by atoms with Crippen molar-refractivity contribution in [3.63, 3.8) is 0 Å². The summed E-state index contributed by atoms with van der Waals surface area (Å²) in [5.74, 6) is 0.0181. The van der Waals surface area contributed by atoms with Gasteiger partial charge in [0.05, 0.1) is 0 Å². The molecule has 2 aromatic carbocycles. The number of nitrogens with zero attached hydrogens (tertiary/aromatic N) is 1. The molecule has 0 bridgehead atoms. The normalized spacial score (nSPS) is 12.3. The topological polar surface area (TPSA) is 58.6 Å². The zero-order chi connectivity index (χ0) is 23.3. The molecule has 2 amide bonds. The minimum absolute atomic E-state index is 0.0896. The molecule has 31 heavy (non-hydrogen) atoms. The molecule has 0 aliphatic carbocycles.